The van der Waals surface area contributed by atoms with Crippen molar-refractivity contribution < 1.29 is 22.0 Å². The van der Waals surface area contributed by atoms with Crippen LogP contribution < -0.4 is 0 Å². The quantitative estimate of drug-likeness (QED) is 0.719. The van der Waals surface area contributed by atoms with Gasteiger partial charge in [-0.05, 0) is 12.1 Å². The Bertz CT molecular complexity index is 480. The molecule has 0 aliphatic rings. The van der Waals surface area contributed by atoms with Crippen LogP contribution in [0.2, 0.25) is 0 Å². The summed E-state index contributed by atoms with van der Waals surface area (Å²) in [6.07, 6.45) is -5.67. The Morgan fingerprint density at radius 2 is 1.80 bits per heavy atom. The summed E-state index contributed by atoms with van der Waals surface area (Å²) in [6, 6.07) is 3.78. The van der Waals surface area contributed by atoms with E-state index in [-0.39, 0.29) is 11.1 Å². The molecule has 2 nitrogen and oxygen atoms in total. The molecule has 2 rings (SSSR count). The maximum absolute atomic E-state index is 12.4. The van der Waals surface area contributed by atoms with Crippen LogP contribution in [0.25, 0.3) is 11.1 Å². The SMILES string of the molecule is FC(F)c1nc2cccc(C(F)F)c2o1. The third-order valence-electron chi connectivity index (χ3n) is 1.88. The highest BCUT2D eigenvalue weighted by molar-refractivity contribution is 5.76. The van der Waals surface area contributed by atoms with Gasteiger partial charge in [0.05, 0.1) is 5.56 Å². The van der Waals surface area contributed by atoms with Crippen molar-refractivity contribution in [2.75, 3.05) is 0 Å². The van der Waals surface area contributed by atoms with Gasteiger partial charge >= 0.3 is 6.43 Å². The van der Waals surface area contributed by atoms with Crippen molar-refractivity contribution in [2.24, 2.45) is 0 Å². The molecular weight excluding hydrogens is 214 g/mol. The van der Waals surface area contributed by atoms with Gasteiger partial charge < -0.3 is 4.42 Å². The van der Waals surface area contributed by atoms with Crippen LogP contribution >= 0.6 is 0 Å². The normalized spacial score (nSPS) is 11.9. The lowest BCUT2D eigenvalue weighted by atomic mass is 10.2. The lowest BCUT2D eigenvalue weighted by Gasteiger charge is -1.97. The fourth-order valence-corrected chi connectivity index (χ4v) is 1.25. The summed E-state index contributed by atoms with van der Waals surface area (Å²) in [5, 5.41) is 0. The second-order valence-corrected chi connectivity index (χ2v) is 2.85. The maximum atomic E-state index is 12.4. The summed E-state index contributed by atoms with van der Waals surface area (Å²) in [4.78, 5) is 3.41. The number of rotatable bonds is 2. The zero-order chi connectivity index (χ0) is 11.0. The predicted octanol–water partition coefficient (Wildman–Crippen LogP) is 3.70. The number of halogens is 4. The molecule has 0 amide bonds. The summed E-state index contributed by atoms with van der Waals surface area (Å²) < 4.78 is 53.8. The number of nitrogens with zero attached hydrogens (tertiary/aromatic N) is 1. The van der Waals surface area contributed by atoms with Crippen LogP contribution in [0.1, 0.15) is 24.3 Å². The van der Waals surface area contributed by atoms with Crippen LogP contribution in [-0.4, -0.2) is 4.98 Å². The minimum atomic E-state index is -2.90. The molecule has 0 aliphatic heterocycles. The van der Waals surface area contributed by atoms with Crippen molar-refractivity contribution in [3.05, 3.63) is 29.7 Å². The molecular formula is C9H5F4NO. The topological polar surface area (TPSA) is 26.0 Å². The smallest absolute Gasteiger partial charge is 0.313 e. The first-order valence-electron chi connectivity index (χ1n) is 4.05. The average Bonchev–Trinajstić information content (AvgIpc) is 2.60. The van der Waals surface area contributed by atoms with Gasteiger partial charge in [-0.25, -0.2) is 13.8 Å². The van der Waals surface area contributed by atoms with Crippen molar-refractivity contribution >= 4 is 11.1 Å². The van der Waals surface area contributed by atoms with E-state index in [2.05, 4.69) is 9.40 Å². The van der Waals surface area contributed by atoms with Gasteiger partial charge in [0.1, 0.15) is 5.52 Å². The molecule has 15 heavy (non-hydrogen) atoms. The van der Waals surface area contributed by atoms with Gasteiger partial charge in [0.15, 0.2) is 5.58 Å². The van der Waals surface area contributed by atoms with Gasteiger partial charge in [0.2, 0.25) is 0 Å². The zero-order valence-corrected chi connectivity index (χ0v) is 7.25. The summed E-state index contributed by atoms with van der Waals surface area (Å²) in [7, 11) is 0. The van der Waals surface area contributed by atoms with Gasteiger partial charge in [0.25, 0.3) is 12.3 Å². The van der Waals surface area contributed by atoms with Crippen LogP contribution in [0.4, 0.5) is 17.6 Å². The van der Waals surface area contributed by atoms with Gasteiger partial charge in [-0.1, -0.05) is 6.07 Å². The largest absolute Gasteiger partial charge is 0.435 e. The highest BCUT2D eigenvalue weighted by Crippen LogP contribution is 2.30. The van der Waals surface area contributed by atoms with Crippen molar-refractivity contribution in [2.45, 2.75) is 12.9 Å². The molecule has 0 fully saturated rings. The maximum Gasteiger partial charge on any atom is 0.313 e. The molecule has 1 aromatic carbocycles. The molecule has 0 aliphatic carbocycles. The van der Waals surface area contributed by atoms with Crippen LogP contribution in [0, 0.1) is 0 Å². The zero-order valence-electron chi connectivity index (χ0n) is 7.25. The molecule has 0 radical (unpaired) electrons. The molecule has 0 atom stereocenters. The Balaban J connectivity index is 2.64. The average molecular weight is 219 g/mol. The molecule has 0 bridgehead atoms. The Labute approximate surface area is 81.5 Å². The van der Waals surface area contributed by atoms with E-state index in [9.17, 15) is 17.6 Å². The van der Waals surface area contributed by atoms with E-state index in [4.69, 9.17) is 0 Å². The van der Waals surface area contributed by atoms with Crippen molar-refractivity contribution in [1.82, 2.24) is 4.98 Å². The summed E-state index contributed by atoms with van der Waals surface area (Å²) in [5.41, 5.74) is -0.683. The minimum Gasteiger partial charge on any atom is -0.435 e. The number of para-hydroxylation sites is 1. The Hall–Kier alpha value is -1.59. The summed E-state index contributed by atoms with van der Waals surface area (Å²) in [5.74, 6) is -0.835. The van der Waals surface area contributed by atoms with Crippen molar-refractivity contribution in [3.63, 3.8) is 0 Å². The number of benzene rings is 1. The van der Waals surface area contributed by atoms with Crippen LogP contribution in [0.3, 0.4) is 0 Å². The van der Waals surface area contributed by atoms with Crippen LogP contribution in [0.5, 0.6) is 0 Å². The lowest BCUT2D eigenvalue weighted by Crippen LogP contribution is -1.83. The third-order valence-corrected chi connectivity index (χ3v) is 1.88. The Morgan fingerprint density at radius 1 is 1.07 bits per heavy atom. The number of oxazole rings is 1. The van der Waals surface area contributed by atoms with Crippen molar-refractivity contribution in [3.8, 4) is 0 Å². The molecule has 0 spiro atoms. The number of fused-ring (bicyclic) bond motifs is 1. The molecule has 0 saturated heterocycles. The van der Waals surface area contributed by atoms with Crippen molar-refractivity contribution in [1.29, 1.82) is 0 Å². The predicted molar refractivity (Wildman–Crippen MR) is 43.9 cm³/mol. The summed E-state index contributed by atoms with van der Waals surface area (Å²) >= 11 is 0. The molecule has 1 heterocycles. The molecule has 6 heteroatoms. The summed E-state index contributed by atoms with van der Waals surface area (Å²) in [6.45, 7) is 0. The second-order valence-electron chi connectivity index (χ2n) is 2.85. The first kappa shape index (κ1) is 9.95. The Kier molecular flexibility index (Phi) is 2.34. The molecule has 2 aromatic rings. The lowest BCUT2D eigenvalue weighted by molar-refractivity contribution is 0.116. The fraction of sp³-hybridized carbons (Fsp3) is 0.222. The molecule has 0 N–H and O–H groups in total. The molecule has 1 aromatic heterocycles. The van der Waals surface area contributed by atoms with E-state index in [1.54, 1.807) is 0 Å². The fourth-order valence-electron chi connectivity index (χ4n) is 1.25. The van der Waals surface area contributed by atoms with E-state index in [0.717, 1.165) is 6.07 Å². The van der Waals surface area contributed by atoms with Gasteiger partial charge in [0, 0.05) is 0 Å². The first-order valence-corrected chi connectivity index (χ1v) is 4.05. The number of alkyl halides is 4. The number of hydrogen-bond donors (Lipinski definition) is 0. The molecule has 0 unspecified atom stereocenters. The Morgan fingerprint density at radius 3 is 2.40 bits per heavy atom. The highest BCUT2D eigenvalue weighted by atomic mass is 19.3. The standard InChI is InChI=1S/C9H5F4NO/c10-7(11)4-2-1-3-5-6(4)15-9(14-5)8(12)13/h1-3,7-8H. The van der Waals surface area contributed by atoms with E-state index < -0.39 is 24.3 Å². The van der Waals surface area contributed by atoms with Gasteiger partial charge in [-0.15, -0.1) is 0 Å². The van der Waals surface area contributed by atoms with E-state index in [1.807, 2.05) is 0 Å². The number of aromatic nitrogens is 1. The van der Waals surface area contributed by atoms with E-state index in [1.165, 1.54) is 12.1 Å². The van der Waals surface area contributed by atoms with E-state index in [0.29, 0.717) is 0 Å². The van der Waals surface area contributed by atoms with Gasteiger partial charge in [-0.3, -0.25) is 0 Å². The highest BCUT2D eigenvalue weighted by Gasteiger charge is 2.20. The first-order chi connectivity index (χ1) is 7.09. The molecule has 80 valence electrons. The van der Waals surface area contributed by atoms with Crippen LogP contribution in [0.15, 0.2) is 22.6 Å². The number of hydrogen-bond acceptors (Lipinski definition) is 2. The van der Waals surface area contributed by atoms with Gasteiger partial charge in [-0.2, -0.15) is 8.78 Å². The van der Waals surface area contributed by atoms with Crippen LogP contribution in [-0.2, 0) is 0 Å². The minimum absolute atomic E-state index is 0.0168. The second kappa shape index (κ2) is 3.52. The van der Waals surface area contributed by atoms with E-state index >= 15 is 0 Å². The molecule has 0 saturated carbocycles. The third kappa shape index (κ3) is 1.67. The monoisotopic (exact) mass is 219 g/mol.